The monoisotopic (exact) mass is 245 g/mol. The van der Waals surface area contributed by atoms with E-state index < -0.39 is 0 Å². The number of carbonyl (C=O) groups is 1. The van der Waals surface area contributed by atoms with Crippen molar-refractivity contribution in [2.24, 2.45) is 11.7 Å². The second-order valence-electron chi connectivity index (χ2n) is 4.38. The fourth-order valence-corrected chi connectivity index (χ4v) is 2.17. The molecular formula is C12H27N3O2. The fourth-order valence-electron chi connectivity index (χ4n) is 2.17. The van der Waals surface area contributed by atoms with Gasteiger partial charge in [0.15, 0.2) is 0 Å². The number of nitrogens with zero attached hydrogens (tertiary/aromatic N) is 1. The molecule has 0 aliphatic carbocycles. The number of hydrogen-bond acceptors (Lipinski definition) is 4. The van der Waals surface area contributed by atoms with Crippen LogP contribution in [0.5, 0.6) is 0 Å². The molecule has 0 aromatic rings. The molecule has 0 fully saturated rings. The Hall–Kier alpha value is -0.650. The van der Waals surface area contributed by atoms with Gasteiger partial charge in [0.05, 0.1) is 6.04 Å². The van der Waals surface area contributed by atoms with E-state index in [4.69, 9.17) is 5.73 Å². The first-order valence-electron chi connectivity index (χ1n) is 6.54. The van der Waals surface area contributed by atoms with Gasteiger partial charge in [0.25, 0.3) is 0 Å². The van der Waals surface area contributed by atoms with Gasteiger partial charge in [-0.25, -0.2) is 5.06 Å². The van der Waals surface area contributed by atoms with E-state index in [1.807, 2.05) is 6.92 Å². The highest BCUT2D eigenvalue weighted by Crippen LogP contribution is 2.19. The highest BCUT2D eigenvalue weighted by atomic mass is 16.5. The van der Waals surface area contributed by atoms with Crippen LogP contribution < -0.4 is 11.1 Å². The van der Waals surface area contributed by atoms with E-state index in [0.717, 1.165) is 30.9 Å². The molecule has 1 amide bonds. The molecule has 0 aliphatic heterocycles. The van der Waals surface area contributed by atoms with Crippen molar-refractivity contribution in [3.05, 3.63) is 0 Å². The second kappa shape index (κ2) is 10.5. The van der Waals surface area contributed by atoms with E-state index >= 15 is 0 Å². The lowest BCUT2D eigenvalue weighted by Gasteiger charge is -2.30. The van der Waals surface area contributed by atoms with Gasteiger partial charge in [-0.3, -0.25) is 10.0 Å². The van der Waals surface area contributed by atoms with Crippen LogP contribution in [0.2, 0.25) is 0 Å². The predicted octanol–water partition coefficient (Wildman–Crippen LogP) is 1.31. The van der Waals surface area contributed by atoms with Crippen molar-refractivity contribution < 1.29 is 10.0 Å². The zero-order valence-corrected chi connectivity index (χ0v) is 11.1. The molecule has 0 unspecified atom stereocenters. The number of nitrogens with two attached hydrogens (primary N) is 1. The Labute approximate surface area is 104 Å². The third kappa shape index (κ3) is 6.61. The normalized spacial score (nSPS) is 14.4. The number of carbonyl (C=O) groups excluding carboxylic acids is 1. The minimum atomic E-state index is -0.122. The van der Waals surface area contributed by atoms with Crippen LogP contribution in [0, 0.1) is 5.92 Å². The first-order valence-corrected chi connectivity index (χ1v) is 6.54. The molecule has 0 bridgehead atoms. The molecule has 0 radical (unpaired) electrons. The molecule has 0 aromatic heterocycles. The summed E-state index contributed by atoms with van der Waals surface area (Å²) >= 11 is 0. The number of unbranched alkanes of at least 4 members (excludes halogenated alkanes) is 2. The number of nitrogens with one attached hydrogen (secondary N) is 1. The zero-order chi connectivity index (χ0) is 13.1. The standard InChI is InChI=1S/C12H27N3O2/c1-3-5-6-7-11(8-14-9-13)12(4-2)15(17)10-16/h10-12,14,17H,3-9,13H2,1-2H3/t11-,12-/m1/s1. The summed E-state index contributed by atoms with van der Waals surface area (Å²) in [5, 5.41) is 13.4. The third-order valence-electron chi connectivity index (χ3n) is 3.14. The van der Waals surface area contributed by atoms with Crippen LogP contribution in [0.25, 0.3) is 0 Å². The Morgan fingerprint density at radius 3 is 2.59 bits per heavy atom. The van der Waals surface area contributed by atoms with Crippen molar-refractivity contribution in [3.63, 3.8) is 0 Å². The number of rotatable bonds is 11. The molecule has 0 saturated heterocycles. The molecule has 0 saturated carbocycles. The molecule has 0 spiro atoms. The summed E-state index contributed by atoms with van der Waals surface area (Å²) in [4.78, 5) is 10.6. The predicted molar refractivity (Wildman–Crippen MR) is 68.5 cm³/mol. The number of amides is 1. The SMILES string of the molecule is CCCCC[C@H](CNCN)[C@@H](CC)N(O)C=O. The van der Waals surface area contributed by atoms with E-state index in [0.29, 0.717) is 13.1 Å². The highest BCUT2D eigenvalue weighted by Gasteiger charge is 2.23. The van der Waals surface area contributed by atoms with Gasteiger partial charge >= 0.3 is 0 Å². The van der Waals surface area contributed by atoms with Gasteiger partial charge < -0.3 is 11.1 Å². The van der Waals surface area contributed by atoms with Gasteiger partial charge in [0.2, 0.25) is 6.41 Å². The Kier molecular flexibility index (Phi) is 10.1. The van der Waals surface area contributed by atoms with Gasteiger partial charge in [-0.1, -0.05) is 33.1 Å². The van der Waals surface area contributed by atoms with Gasteiger partial charge in [-0.2, -0.15) is 0 Å². The van der Waals surface area contributed by atoms with E-state index in [1.54, 1.807) is 0 Å². The maximum Gasteiger partial charge on any atom is 0.233 e. The summed E-state index contributed by atoms with van der Waals surface area (Å²) in [6, 6.07) is -0.122. The second-order valence-corrected chi connectivity index (χ2v) is 4.38. The van der Waals surface area contributed by atoms with Crippen molar-refractivity contribution in [3.8, 4) is 0 Å². The van der Waals surface area contributed by atoms with Crippen LogP contribution >= 0.6 is 0 Å². The van der Waals surface area contributed by atoms with E-state index in [2.05, 4.69) is 12.2 Å². The van der Waals surface area contributed by atoms with Crippen molar-refractivity contribution in [2.75, 3.05) is 13.2 Å². The van der Waals surface area contributed by atoms with Gasteiger partial charge in [0.1, 0.15) is 0 Å². The van der Waals surface area contributed by atoms with Crippen LogP contribution in [0.4, 0.5) is 0 Å². The maximum absolute atomic E-state index is 10.6. The fraction of sp³-hybridized carbons (Fsp3) is 0.917. The molecule has 0 aromatic carbocycles. The minimum Gasteiger partial charge on any atom is -0.318 e. The lowest BCUT2D eigenvalue weighted by Crippen LogP contribution is -2.42. The van der Waals surface area contributed by atoms with Crippen LogP contribution in [0.1, 0.15) is 46.0 Å². The number of hydrogen-bond donors (Lipinski definition) is 3. The molecular weight excluding hydrogens is 218 g/mol. The molecule has 5 heteroatoms. The summed E-state index contributed by atoms with van der Waals surface area (Å²) in [5.41, 5.74) is 5.43. The highest BCUT2D eigenvalue weighted by molar-refractivity contribution is 5.45. The summed E-state index contributed by atoms with van der Waals surface area (Å²) < 4.78 is 0. The summed E-state index contributed by atoms with van der Waals surface area (Å²) in [7, 11) is 0. The first kappa shape index (κ1) is 16.4. The van der Waals surface area contributed by atoms with Crippen molar-refractivity contribution in [2.45, 2.75) is 52.0 Å². The van der Waals surface area contributed by atoms with Crippen molar-refractivity contribution in [1.82, 2.24) is 10.4 Å². The van der Waals surface area contributed by atoms with Gasteiger partial charge in [0, 0.05) is 13.2 Å². The molecule has 0 heterocycles. The van der Waals surface area contributed by atoms with Crippen LogP contribution in [0.3, 0.4) is 0 Å². The molecule has 0 aliphatic rings. The van der Waals surface area contributed by atoms with Gasteiger partial charge in [-0.05, 0) is 18.8 Å². The Balaban J connectivity index is 4.33. The summed E-state index contributed by atoms with van der Waals surface area (Å²) in [6.45, 7) is 5.30. The molecule has 2 atom stereocenters. The van der Waals surface area contributed by atoms with Crippen LogP contribution in [0.15, 0.2) is 0 Å². The first-order chi connectivity index (χ1) is 8.21. The molecule has 17 heavy (non-hydrogen) atoms. The van der Waals surface area contributed by atoms with Crippen molar-refractivity contribution >= 4 is 6.41 Å². The van der Waals surface area contributed by atoms with Crippen molar-refractivity contribution in [1.29, 1.82) is 0 Å². The Bertz CT molecular complexity index is 191. The lowest BCUT2D eigenvalue weighted by molar-refractivity contribution is -0.166. The van der Waals surface area contributed by atoms with Gasteiger partial charge in [-0.15, -0.1) is 0 Å². The Morgan fingerprint density at radius 1 is 1.41 bits per heavy atom. The summed E-state index contributed by atoms with van der Waals surface area (Å²) in [5.74, 6) is 0.255. The zero-order valence-electron chi connectivity index (χ0n) is 11.1. The summed E-state index contributed by atoms with van der Waals surface area (Å²) in [6.07, 6.45) is 5.72. The quantitative estimate of drug-likeness (QED) is 0.169. The Morgan fingerprint density at radius 2 is 2.12 bits per heavy atom. The third-order valence-corrected chi connectivity index (χ3v) is 3.14. The smallest absolute Gasteiger partial charge is 0.233 e. The van der Waals surface area contributed by atoms with Crippen LogP contribution in [-0.2, 0) is 4.79 Å². The largest absolute Gasteiger partial charge is 0.318 e. The molecule has 102 valence electrons. The van der Waals surface area contributed by atoms with E-state index in [9.17, 15) is 10.0 Å². The molecule has 4 N–H and O–H groups in total. The average Bonchev–Trinajstić information content (AvgIpc) is 2.35. The maximum atomic E-state index is 10.6. The minimum absolute atomic E-state index is 0.122. The lowest BCUT2D eigenvalue weighted by atomic mass is 9.91. The average molecular weight is 245 g/mol. The molecule has 0 rings (SSSR count). The number of hydroxylamine groups is 2. The molecule has 5 nitrogen and oxygen atoms in total. The van der Waals surface area contributed by atoms with Crippen LogP contribution in [-0.4, -0.2) is 35.9 Å². The van der Waals surface area contributed by atoms with E-state index in [-0.39, 0.29) is 12.0 Å². The topological polar surface area (TPSA) is 78.6 Å². The van der Waals surface area contributed by atoms with E-state index in [1.165, 1.54) is 12.8 Å².